The van der Waals surface area contributed by atoms with Crippen LogP contribution in [0.5, 0.6) is 5.75 Å². The predicted octanol–water partition coefficient (Wildman–Crippen LogP) is 2.53. The lowest BCUT2D eigenvalue weighted by molar-refractivity contribution is 0.177. The third kappa shape index (κ3) is 2.74. The molecule has 1 atom stereocenters. The number of phenolic OH excluding ortho intramolecular Hbond substituents is 1. The normalized spacial score (nSPS) is 12.8. The lowest BCUT2D eigenvalue weighted by Crippen LogP contribution is -2.04. The minimum atomic E-state index is 0.316. The van der Waals surface area contributed by atoms with E-state index in [0.29, 0.717) is 11.7 Å². The van der Waals surface area contributed by atoms with Gasteiger partial charge in [0.2, 0.25) is 0 Å². The molecule has 0 radical (unpaired) electrons. The van der Waals surface area contributed by atoms with Crippen LogP contribution in [0.4, 0.5) is 0 Å². The van der Waals surface area contributed by atoms with Gasteiger partial charge in [0, 0.05) is 13.0 Å². The van der Waals surface area contributed by atoms with Crippen LogP contribution in [0.1, 0.15) is 24.8 Å². The van der Waals surface area contributed by atoms with Crippen molar-refractivity contribution in [2.45, 2.75) is 19.3 Å². The summed E-state index contributed by atoms with van der Waals surface area (Å²) in [6.45, 7) is 2.87. The van der Waals surface area contributed by atoms with Crippen LogP contribution >= 0.6 is 0 Å². The van der Waals surface area contributed by atoms with Crippen molar-refractivity contribution in [1.82, 2.24) is 0 Å². The number of ether oxygens (including phenoxy) is 1. The van der Waals surface area contributed by atoms with E-state index in [0.717, 1.165) is 13.0 Å². The average molecular weight is 180 g/mol. The summed E-state index contributed by atoms with van der Waals surface area (Å²) >= 11 is 0. The molecule has 0 aliphatic carbocycles. The summed E-state index contributed by atoms with van der Waals surface area (Å²) in [4.78, 5) is 0. The Labute approximate surface area is 79.2 Å². The van der Waals surface area contributed by atoms with Gasteiger partial charge in [-0.15, -0.1) is 0 Å². The van der Waals surface area contributed by atoms with Crippen molar-refractivity contribution in [2.24, 2.45) is 0 Å². The number of hydrogen-bond donors (Lipinski definition) is 1. The van der Waals surface area contributed by atoms with Gasteiger partial charge in [-0.1, -0.05) is 19.1 Å². The zero-order chi connectivity index (χ0) is 9.68. The van der Waals surface area contributed by atoms with Crippen LogP contribution in [0.3, 0.4) is 0 Å². The van der Waals surface area contributed by atoms with Crippen LogP contribution in [-0.4, -0.2) is 18.8 Å². The summed E-state index contributed by atoms with van der Waals surface area (Å²) in [5.74, 6) is 0.751. The summed E-state index contributed by atoms with van der Waals surface area (Å²) < 4.78 is 5.12. The minimum Gasteiger partial charge on any atom is -0.508 e. The number of hydrogen-bond acceptors (Lipinski definition) is 2. The van der Waals surface area contributed by atoms with Crippen molar-refractivity contribution in [3.8, 4) is 5.75 Å². The third-order valence-electron chi connectivity index (χ3n) is 2.23. The van der Waals surface area contributed by atoms with Crippen LogP contribution in [0.2, 0.25) is 0 Å². The van der Waals surface area contributed by atoms with Gasteiger partial charge in [0.15, 0.2) is 0 Å². The maximum atomic E-state index is 9.11. The van der Waals surface area contributed by atoms with Gasteiger partial charge in [-0.2, -0.15) is 0 Å². The van der Waals surface area contributed by atoms with Crippen LogP contribution in [0.25, 0.3) is 0 Å². The molecule has 1 unspecified atom stereocenters. The lowest BCUT2D eigenvalue weighted by Gasteiger charge is -2.13. The van der Waals surface area contributed by atoms with Gasteiger partial charge < -0.3 is 9.84 Å². The lowest BCUT2D eigenvalue weighted by atomic mass is 9.97. The fourth-order valence-electron chi connectivity index (χ4n) is 1.40. The largest absolute Gasteiger partial charge is 0.508 e. The van der Waals surface area contributed by atoms with Crippen molar-refractivity contribution < 1.29 is 9.84 Å². The van der Waals surface area contributed by atoms with E-state index in [9.17, 15) is 0 Å². The minimum absolute atomic E-state index is 0.316. The van der Waals surface area contributed by atoms with E-state index in [4.69, 9.17) is 9.84 Å². The van der Waals surface area contributed by atoms with Crippen molar-refractivity contribution in [1.29, 1.82) is 0 Å². The molecule has 0 amide bonds. The number of methoxy groups -OCH3 is 1. The fraction of sp³-hybridized carbons (Fsp3) is 0.455. The zero-order valence-electron chi connectivity index (χ0n) is 8.16. The first kappa shape index (κ1) is 10.1. The van der Waals surface area contributed by atoms with Crippen molar-refractivity contribution in [2.75, 3.05) is 13.7 Å². The monoisotopic (exact) mass is 180 g/mol. The Morgan fingerprint density at radius 2 is 1.92 bits per heavy atom. The fourth-order valence-corrected chi connectivity index (χ4v) is 1.40. The molecule has 1 N–H and O–H groups in total. The summed E-state index contributed by atoms with van der Waals surface area (Å²) in [5, 5.41) is 9.11. The highest BCUT2D eigenvalue weighted by atomic mass is 16.5. The maximum absolute atomic E-state index is 9.11. The molecular formula is C11H16O2. The molecule has 13 heavy (non-hydrogen) atoms. The van der Waals surface area contributed by atoms with Gasteiger partial charge in [-0.25, -0.2) is 0 Å². The second-order valence-electron chi connectivity index (χ2n) is 3.15. The molecule has 0 aromatic heterocycles. The SMILES string of the molecule is CCC(COC)c1ccc(O)cc1. The molecule has 0 fully saturated rings. The van der Waals surface area contributed by atoms with Crippen molar-refractivity contribution in [3.63, 3.8) is 0 Å². The number of rotatable bonds is 4. The smallest absolute Gasteiger partial charge is 0.115 e. The topological polar surface area (TPSA) is 29.5 Å². The molecule has 72 valence electrons. The van der Waals surface area contributed by atoms with E-state index in [2.05, 4.69) is 6.92 Å². The average Bonchev–Trinajstić information content (AvgIpc) is 2.16. The molecule has 0 saturated heterocycles. The van der Waals surface area contributed by atoms with Gasteiger partial charge in [0.25, 0.3) is 0 Å². The highest BCUT2D eigenvalue weighted by Crippen LogP contribution is 2.21. The van der Waals surface area contributed by atoms with Gasteiger partial charge in [-0.3, -0.25) is 0 Å². The maximum Gasteiger partial charge on any atom is 0.115 e. The van der Waals surface area contributed by atoms with Crippen LogP contribution in [0.15, 0.2) is 24.3 Å². The summed E-state index contributed by atoms with van der Waals surface area (Å²) in [6, 6.07) is 7.33. The second-order valence-corrected chi connectivity index (χ2v) is 3.15. The van der Waals surface area contributed by atoms with E-state index in [1.807, 2.05) is 12.1 Å². The molecule has 2 heteroatoms. The molecule has 0 saturated carbocycles. The summed E-state index contributed by atoms with van der Waals surface area (Å²) in [6.07, 6.45) is 1.05. The molecule has 1 aromatic carbocycles. The molecule has 0 aliphatic heterocycles. The Kier molecular flexibility index (Phi) is 3.77. The van der Waals surface area contributed by atoms with Crippen LogP contribution in [0, 0.1) is 0 Å². The van der Waals surface area contributed by atoms with Gasteiger partial charge in [-0.05, 0) is 24.1 Å². The zero-order valence-corrected chi connectivity index (χ0v) is 8.16. The first-order chi connectivity index (χ1) is 6.27. The Bertz CT molecular complexity index is 241. The molecule has 0 spiro atoms. The van der Waals surface area contributed by atoms with E-state index in [-0.39, 0.29) is 0 Å². The van der Waals surface area contributed by atoms with E-state index in [1.54, 1.807) is 19.2 Å². The quantitative estimate of drug-likeness (QED) is 0.771. The first-order valence-electron chi connectivity index (χ1n) is 4.55. The van der Waals surface area contributed by atoms with Gasteiger partial charge >= 0.3 is 0 Å². The number of aromatic hydroxyl groups is 1. The van der Waals surface area contributed by atoms with E-state index < -0.39 is 0 Å². The first-order valence-corrected chi connectivity index (χ1v) is 4.55. The molecule has 1 rings (SSSR count). The Morgan fingerprint density at radius 1 is 1.31 bits per heavy atom. The van der Waals surface area contributed by atoms with Crippen LogP contribution in [-0.2, 0) is 4.74 Å². The molecule has 0 aliphatic rings. The molecular weight excluding hydrogens is 164 g/mol. The standard InChI is InChI=1S/C11H16O2/c1-3-9(8-13-2)10-4-6-11(12)7-5-10/h4-7,9,12H,3,8H2,1-2H3. The van der Waals surface area contributed by atoms with Crippen molar-refractivity contribution in [3.05, 3.63) is 29.8 Å². The van der Waals surface area contributed by atoms with Gasteiger partial charge in [0.05, 0.1) is 6.61 Å². The number of phenols is 1. The van der Waals surface area contributed by atoms with E-state index >= 15 is 0 Å². The highest BCUT2D eigenvalue weighted by Gasteiger charge is 2.07. The molecule has 0 bridgehead atoms. The van der Waals surface area contributed by atoms with Crippen molar-refractivity contribution >= 4 is 0 Å². The number of benzene rings is 1. The second kappa shape index (κ2) is 4.87. The van der Waals surface area contributed by atoms with E-state index in [1.165, 1.54) is 5.56 Å². The Balaban J connectivity index is 2.73. The van der Waals surface area contributed by atoms with Gasteiger partial charge in [0.1, 0.15) is 5.75 Å². The molecule has 2 nitrogen and oxygen atoms in total. The molecule has 1 aromatic rings. The highest BCUT2D eigenvalue weighted by molar-refractivity contribution is 5.28. The Morgan fingerprint density at radius 3 is 2.38 bits per heavy atom. The summed E-state index contributed by atoms with van der Waals surface area (Å²) in [7, 11) is 1.71. The molecule has 0 heterocycles. The predicted molar refractivity (Wildman–Crippen MR) is 53.0 cm³/mol. The van der Waals surface area contributed by atoms with Crippen LogP contribution < -0.4 is 0 Å². The third-order valence-corrected chi connectivity index (χ3v) is 2.23. The Hall–Kier alpha value is -1.02. The summed E-state index contributed by atoms with van der Waals surface area (Å²) in [5.41, 5.74) is 1.22.